The second-order valence-electron chi connectivity index (χ2n) is 5.13. The largest absolute Gasteiger partial charge is 0.493 e. The molecule has 6 heteroatoms. The van der Waals surface area contributed by atoms with Crippen LogP contribution in [0.3, 0.4) is 0 Å². The molecular formula is C18H20N2O4. The summed E-state index contributed by atoms with van der Waals surface area (Å²) >= 11 is 0. The average Bonchev–Trinajstić information content (AvgIpc) is 2.62. The van der Waals surface area contributed by atoms with Crippen molar-refractivity contribution in [3.8, 4) is 11.5 Å². The van der Waals surface area contributed by atoms with E-state index >= 15 is 0 Å². The number of anilines is 1. The zero-order valence-electron chi connectivity index (χ0n) is 13.8. The van der Waals surface area contributed by atoms with Gasteiger partial charge >= 0.3 is 11.8 Å². The second-order valence-corrected chi connectivity index (χ2v) is 5.13. The minimum Gasteiger partial charge on any atom is -0.493 e. The fourth-order valence-electron chi connectivity index (χ4n) is 2.19. The molecule has 0 heterocycles. The number of carbonyl (C=O) groups excluding carboxylic acids is 2. The number of amides is 2. The molecule has 0 aliphatic carbocycles. The molecule has 2 aromatic carbocycles. The van der Waals surface area contributed by atoms with Gasteiger partial charge in [-0.25, -0.2) is 0 Å². The summed E-state index contributed by atoms with van der Waals surface area (Å²) in [6.07, 6.45) is 0. The van der Waals surface area contributed by atoms with Gasteiger partial charge < -0.3 is 20.1 Å². The maximum atomic E-state index is 12.0. The summed E-state index contributed by atoms with van der Waals surface area (Å²) in [7, 11) is 3.02. The molecule has 0 fully saturated rings. The summed E-state index contributed by atoms with van der Waals surface area (Å²) in [5, 5.41) is 5.20. The molecule has 0 spiro atoms. The van der Waals surface area contributed by atoms with Gasteiger partial charge in [0.1, 0.15) is 0 Å². The predicted molar refractivity (Wildman–Crippen MR) is 91.2 cm³/mol. The van der Waals surface area contributed by atoms with Crippen molar-refractivity contribution < 1.29 is 19.1 Å². The average molecular weight is 328 g/mol. The van der Waals surface area contributed by atoms with E-state index in [0.29, 0.717) is 17.2 Å². The van der Waals surface area contributed by atoms with Crippen LogP contribution in [0.4, 0.5) is 5.69 Å². The van der Waals surface area contributed by atoms with Crippen molar-refractivity contribution in [1.29, 1.82) is 0 Å². The number of ether oxygens (including phenoxy) is 2. The van der Waals surface area contributed by atoms with Crippen LogP contribution in [-0.4, -0.2) is 26.0 Å². The van der Waals surface area contributed by atoms with Crippen molar-refractivity contribution in [2.24, 2.45) is 0 Å². The molecule has 0 saturated heterocycles. The molecule has 0 radical (unpaired) electrons. The Morgan fingerprint density at radius 1 is 0.917 bits per heavy atom. The monoisotopic (exact) mass is 328 g/mol. The topological polar surface area (TPSA) is 76.7 Å². The first kappa shape index (κ1) is 17.3. The number of hydrogen-bond acceptors (Lipinski definition) is 4. The molecule has 1 atom stereocenters. The summed E-state index contributed by atoms with van der Waals surface area (Å²) in [5.74, 6) is -0.447. The Hall–Kier alpha value is -3.02. The van der Waals surface area contributed by atoms with Crippen molar-refractivity contribution in [2.45, 2.75) is 13.0 Å². The van der Waals surface area contributed by atoms with E-state index in [-0.39, 0.29) is 6.04 Å². The van der Waals surface area contributed by atoms with E-state index in [4.69, 9.17) is 9.47 Å². The van der Waals surface area contributed by atoms with Crippen LogP contribution in [0.2, 0.25) is 0 Å². The summed E-state index contributed by atoms with van der Waals surface area (Å²) in [5.41, 5.74) is 1.37. The van der Waals surface area contributed by atoms with Gasteiger partial charge in [-0.3, -0.25) is 9.59 Å². The Kier molecular flexibility index (Phi) is 5.78. The van der Waals surface area contributed by atoms with E-state index in [9.17, 15) is 9.59 Å². The van der Waals surface area contributed by atoms with Gasteiger partial charge in [-0.15, -0.1) is 0 Å². The standard InChI is InChI=1S/C18H20N2O4/c1-12(13-7-5-4-6-8-13)19-17(21)18(22)20-14-9-10-15(23-2)16(11-14)24-3/h4-12H,1-3H3,(H,19,21)(H,20,22)/t12-/m1/s1. The van der Waals surface area contributed by atoms with Gasteiger partial charge in [0, 0.05) is 11.8 Å². The fourth-order valence-corrected chi connectivity index (χ4v) is 2.19. The molecule has 2 aromatic rings. The van der Waals surface area contributed by atoms with Crippen molar-refractivity contribution in [2.75, 3.05) is 19.5 Å². The van der Waals surface area contributed by atoms with Crippen LogP contribution in [0, 0.1) is 0 Å². The zero-order valence-corrected chi connectivity index (χ0v) is 13.8. The zero-order chi connectivity index (χ0) is 17.5. The number of methoxy groups -OCH3 is 2. The van der Waals surface area contributed by atoms with Gasteiger partial charge in [-0.1, -0.05) is 30.3 Å². The Balaban J connectivity index is 2.00. The maximum absolute atomic E-state index is 12.0. The lowest BCUT2D eigenvalue weighted by atomic mass is 10.1. The number of nitrogens with one attached hydrogen (secondary N) is 2. The van der Waals surface area contributed by atoms with Crippen molar-refractivity contribution in [3.05, 3.63) is 54.1 Å². The van der Waals surface area contributed by atoms with E-state index in [0.717, 1.165) is 5.56 Å². The lowest BCUT2D eigenvalue weighted by Gasteiger charge is -2.14. The molecule has 2 N–H and O–H groups in total. The molecule has 0 saturated carbocycles. The number of benzene rings is 2. The van der Waals surface area contributed by atoms with Crippen LogP contribution in [0.25, 0.3) is 0 Å². The van der Waals surface area contributed by atoms with Crippen LogP contribution in [-0.2, 0) is 9.59 Å². The highest BCUT2D eigenvalue weighted by molar-refractivity contribution is 6.39. The van der Waals surface area contributed by atoms with Crippen LogP contribution >= 0.6 is 0 Å². The smallest absolute Gasteiger partial charge is 0.313 e. The molecule has 6 nitrogen and oxygen atoms in total. The first-order valence-electron chi connectivity index (χ1n) is 7.44. The van der Waals surface area contributed by atoms with Crippen molar-refractivity contribution in [3.63, 3.8) is 0 Å². The normalized spacial score (nSPS) is 11.3. The minimum absolute atomic E-state index is 0.269. The first-order valence-corrected chi connectivity index (χ1v) is 7.44. The van der Waals surface area contributed by atoms with Gasteiger partial charge in [-0.2, -0.15) is 0 Å². The third-order valence-corrected chi connectivity index (χ3v) is 3.49. The molecule has 2 amide bonds. The number of carbonyl (C=O) groups is 2. The molecule has 24 heavy (non-hydrogen) atoms. The molecule has 0 unspecified atom stereocenters. The summed E-state index contributed by atoms with van der Waals surface area (Å²) in [6, 6.07) is 14.0. The summed E-state index contributed by atoms with van der Waals surface area (Å²) < 4.78 is 10.3. The van der Waals surface area contributed by atoms with Gasteiger partial charge in [0.05, 0.1) is 20.3 Å². The van der Waals surface area contributed by atoms with E-state index in [1.165, 1.54) is 14.2 Å². The summed E-state index contributed by atoms with van der Waals surface area (Å²) in [6.45, 7) is 1.82. The SMILES string of the molecule is COc1ccc(NC(=O)C(=O)N[C@H](C)c2ccccc2)cc1OC. The molecule has 0 aliphatic rings. The Morgan fingerprint density at radius 3 is 2.21 bits per heavy atom. The van der Waals surface area contributed by atoms with E-state index < -0.39 is 11.8 Å². The molecular weight excluding hydrogens is 308 g/mol. The van der Waals surface area contributed by atoms with E-state index in [2.05, 4.69) is 10.6 Å². The number of rotatable bonds is 5. The third-order valence-electron chi connectivity index (χ3n) is 3.49. The first-order chi connectivity index (χ1) is 11.5. The molecule has 0 aromatic heterocycles. The van der Waals surface area contributed by atoms with Crippen molar-refractivity contribution >= 4 is 17.5 Å². The van der Waals surface area contributed by atoms with E-state index in [1.807, 2.05) is 37.3 Å². The van der Waals surface area contributed by atoms with E-state index in [1.54, 1.807) is 18.2 Å². The van der Waals surface area contributed by atoms with Crippen LogP contribution in [0.5, 0.6) is 11.5 Å². The van der Waals surface area contributed by atoms with Crippen LogP contribution in [0.15, 0.2) is 48.5 Å². The molecule has 2 rings (SSSR count). The Bertz CT molecular complexity index is 716. The van der Waals surface area contributed by atoms with Crippen molar-refractivity contribution in [1.82, 2.24) is 5.32 Å². The van der Waals surface area contributed by atoms with Gasteiger partial charge in [0.2, 0.25) is 0 Å². The maximum Gasteiger partial charge on any atom is 0.313 e. The molecule has 0 aliphatic heterocycles. The minimum atomic E-state index is -0.745. The highest BCUT2D eigenvalue weighted by atomic mass is 16.5. The highest BCUT2D eigenvalue weighted by Crippen LogP contribution is 2.29. The van der Waals surface area contributed by atoms with Crippen LogP contribution in [0.1, 0.15) is 18.5 Å². The van der Waals surface area contributed by atoms with Gasteiger partial charge in [-0.05, 0) is 24.6 Å². The fraction of sp³-hybridized carbons (Fsp3) is 0.222. The summed E-state index contributed by atoms with van der Waals surface area (Å²) in [4.78, 5) is 24.1. The van der Waals surface area contributed by atoms with Gasteiger partial charge in [0.25, 0.3) is 0 Å². The van der Waals surface area contributed by atoms with Crippen LogP contribution < -0.4 is 20.1 Å². The Morgan fingerprint density at radius 2 is 1.58 bits per heavy atom. The highest BCUT2D eigenvalue weighted by Gasteiger charge is 2.17. The predicted octanol–water partition coefficient (Wildman–Crippen LogP) is 2.52. The lowest BCUT2D eigenvalue weighted by molar-refractivity contribution is -0.136. The molecule has 126 valence electrons. The lowest BCUT2D eigenvalue weighted by Crippen LogP contribution is -2.36. The molecule has 0 bridgehead atoms. The quantitative estimate of drug-likeness (QED) is 0.827. The second kappa shape index (κ2) is 8.01. The van der Waals surface area contributed by atoms with Gasteiger partial charge in [0.15, 0.2) is 11.5 Å². The third kappa shape index (κ3) is 4.25. The number of hydrogen-bond donors (Lipinski definition) is 2. The Labute approximate surface area is 140 Å².